The Labute approximate surface area is 225 Å². The fourth-order valence-corrected chi connectivity index (χ4v) is 6.04. The third-order valence-electron chi connectivity index (χ3n) is 7.14. The number of halogens is 1. The van der Waals surface area contributed by atoms with Gasteiger partial charge in [-0.2, -0.15) is 0 Å². The van der Waals surface area contributed by atoms with Crippen LogP contribution in [0.25, 0.3) is 20.8 Å². The van der Waals surface area contributed by atoms with Crippen LogP contribution in [-0.4, -0.2) is 46.3 Å². The Bertz CT molecular complexity index is 1450. The van der Waals surface area contributed by atoms with Gasteiger partial charge in [0.15, 0.2) is 11.6 Å². The predicted molar refractivity (Wildman–Crippen MR) is 148 cm³/mol. The van der Waals surface area contributed by atoms with Gasteiger partial charge >= 0.3 is 0 Å². The summed E-state index contributed by atoms with van der Waals surface area (Å²) in [5.74, 6) is 0.916. The number of benzene rings is 1. The molecule has 6 nitrogen and oxygen atoms in total. The minimum absolute atomic E-state index is 0.135. The number of Topliss-reactive ketones (excluding diaryl/α,β-unsaturated/α-hetero) is 1. The highest BCUT2D eigenvalue weighted by Gasteiger charge is 2.24. The van der Waals surface area contributed by atoms with Crippen molar-refractivity contribution in [3.05, 3.63) is 71.8 Å². The minimum atomic E-state index is -0.473. The molecule has 0 radical (unpaired) electrons. The van der Waals surface area contributed by atoms with Gasteiger partial charge in [0.1, 0.15) is 11.5 Å². The lowest BCUT2D eigenvalue weighted by molar-refractivity contribution is -0.118. The fraction of sp³-hybridized carbons (Fsp3) is 0.367. The zero-order valence-corrected chi connectivity index (χ0v) is 22.3. The number of aromatic nitrogens is 2. The summed E-state index contributed by atoms with van der Waals surface area (Å²) in [7, 11) is 0. The van der Waals surface area contributed by atoms with Crippen LogP contribution in [0.4, 0.5) is 4.39 Å². The van der Waals surface area contributed by atoms with E-state index in [9.17, 15) is 9.18 Å². The lowest BCUT2D eigenvalue weighted by Crippen LogP contribution is -2.48. The molecule has 1 atom stereocenters. The van der Waals surface area contributed by atoms with Crippen molar-refractivity contribution in [1.82, 2.24) is 20.2 Å². The summed E-state index contributed by atoms with van der Waals surface area (Å²) in [5, 5.41) is 3.48. The Kier molecular flexibility index (Phi) is 7.19. The quantitative estimate of drug-likeness (QED) is 0.287. The molecular formula is C30H31FN4O2S. The number of carbonyl (C=O) groups excluding carboxylic acids is 1. The number of ketones is 1. The van der Waals surface area contributed by atoms with Crippen LogP contribution in [0.3, 0.4) is 0 Å². The number of carbonyl (C=O) groups is 1. The van der Waals surface area contributed by atoms with E-state index in [0.29, 0.717) is 29.7 Å². The maximum Gasteiger partial charge on any atom is 0.166 e. The molecule has 1 aliphatic heterocycles. The molecule has 6 rings (SSSR count). The van der Waals surface area contributed by atoms with Gasteiger partial charge in [-0.25, -0.2) is 4.39 Å². The summed E-state index contributed by atoms with van der Waals surface area (Å²) in [4.78, 5) is 24.8. The van der Waals surface area contributed by atoms with Crippen LogP contribution in [-0.2, 0) is 17.8 Å². The average Bonchev–Trinajstić information content (AvgIpc) is 3.60. The van der Waals surface area contributed by atoms with Crippen LogP contribution < -0.4 is 10.1 Å². The van der Waals surface area contributed by atoms with Crippen molar-refractivity contribution in [3.8, 4) is 22.1 Å². The topological polar surface area (TPSA) is 67.4 Å². The Balaban J connectivity index is 1.16. The zero-order chi connectivity index (χ0) is 26.1. The molecule has 8 heteroatoms. The highest BCUT2D eigenvalue weighted by atomic mass is 32.1. The SMILES string of the molecule is C[C@H]1CN(Cc2ccc(-c3cc4nccc(Oc5ccc(CC(=O)CC6CC6)cc5F)c4s3)nc2)CCN1. The van der Waals surface area contributed by atoms with Crippen LogP contribution in [0.15, 0.2) is 54.9 Å². The van der Waals surface area contributed by atoms with Gasteiger partial charge < -0.3 is 10.1 Å². The summed E-state index contributed by atoms with van der Waals surface area (Å²) >= 11 is 1.53. The van der Waals surface area contributed by atoms with Crippen molar-refractivity contribution in [1.29, 1.82) is 0 Å². The second-order valence-electron chi connectivity index (χ2n) is 10.5. The number of nitrogens with one attached hydrogen (secondary N) is 1. The van der Waals surface area contributed by atoms with E-state index in [1.807, 2.05) is 12.3 Å². The normalized spacial score (nSPS) is 18.1. The zero-order valence-electron chi connectivity index (χ0n) is 21.5. The number of piperazine rings is 1. The standard InChI is InChI=1S/C30H31FN4O2S/c1-19-17-35(11-10-32-19)18-22-4-6-25(34-16-22)29-15-26-30(38-29)28(8-9-33-26)37-27-7-5-21(14-24(27)31)13-23(36)12-20-2-3-20/h4-9,14-16,19-20,32H,2-3,10-13,17-18H2,1H3/t19-/m0/s1. The van der Waals surface area contributed by atoms with Crippen LogP contribution in [0.1, 0.15) is 37.3 Å². The van der Waals surface area contributed by atoms with Gasteiger partial charge in [0, 0.05) is 63.5 Å². The minimum Gasteiger partial charge on any atom is -0.453 e. The maximum atomic E-state index is 14.9. The molecule has 1 N–H and O–H groups in total. The number of nitrogens with zero attached hydrogens (tertiary/aromatic N) is 3. The highest BCUT2D eigenvalue weighted by Crippen LogP contribution is 2.39. The number of pyridine rings is 2. The molecule has 2 aliphatic rings. The number of rotatable bonds is 9. The van der Waals surface area contributed by atoms with Crippen molar-refractivity contribution in [2.45, 2.75) is 45.2 Å². The molecule has 4 aromatic rings. The number of hydrogen-bond donors (Lipinski definition) is 1. The predicted octanol–water partition coefficient (Wildman–Crippen LogP) is 6.00. The molecule has 1 saturated carbocycles. The third kappa shape index (κ3) is 5.93. The molecular weight excluding hydrogens is 499 g/mol. The third-order valence-corrected chi connectivity index (χ3v) is 8.30. The molecule has 0 bridgehead atoms. The van der Waals surface area contributed by atoms with Gasteiger partial charge in [-0.15, -0.1) is 11.3 Å². The first kappa shape index (κ1) is 25.1. The Morgan fingerprint density at radius 1 is 1.13 bits per heavy atom. The van der Waals surface area contributed by atoms with E-state index in [4.69, 9.17) is 9.72 Å². The fourth-order valence-electron chi connectivity index (χ4n) is 5.00. The molecule has 38 heavy (non-hydrogen) atoms. The second kappa shape index (κ2) is 10.9. The van der Waals surface area contributed by atoms with E-state index in [1.54, 1.807) is 24.4 Å². The lowest BCUT2D eigenvalue weighted by Gasteiger charge is -2.31. The number of hydrogen-bond acceptors (Lipinski definition) is 7. The largest absolute Gasteiger partial charge is 0.453 e. The monoisotopic (exact) mass is 530 g/mol. The Morgan fingerprint density at radius 2 is 2.00 bits per heavy atom. The van der Waals surface area contributed by atoms with Gasteiger partial charge in [0.2, 0.25) is 0 Å². The molecule has 0 spiro atoms. The number of fused-ring (bicyclic) bond motifs is 1. The van der Waals surface area contributed by atoms with Gasteiger partial charge in [0.05, 0.1) is 20.8 Å². The molecule has 3 aromatic heterocycles. The maximum absolute atomic E-state index is 14.9. The lowest BCUT2D eigenvalue weighted by atomic mass is 10.0. The van der Waals surface area contributed by atoms with Crippen LogP contribution >= 0.6 is 11.3 Å². The molecule has 1 aromatic carbocycles. The first-order valence-corrected chi connectivity index (χ1v) is 14.1. The summed E-state index contributed by atoms with van der Waals surface area (Å²) < 4.78 is 21.7. The smallest absolute Gasteiger partial charge is 0.166 e. The van der Waals surface area contributed by atoms with Crippen molar-refractivity contribution >= 4 is 27.3 Å². The molecule has 1 aliphatic carbocycles. The van der Waals surface area contributed by atoms with E-state index in [2.05, 4.69) is 34.3 Å². The van der Waals surface area contributed by atoms with E-state index in [0.717, 1.165) is 59.8 Å². The van der Waals surface area contributed by atoms with Gasteiger partial charge in [-0.1, -0.05) is 12.1 Å². The van der Waals surface area contributed by atoms with Gasteiger partial charge in [-0.3, -0.25) is 19.7 Å². The highest BCUT2D eigenvalue weighted by molar-refractivity contribution is 7.22. The van der Waals surface area contributed by atoms with E-state index < -0.39 is 5.82 Å². The van der Waals surface area contributed by atoms with Crippen LogP contribution in [0.2, 0.25) is 0 Å². The van der Waals surface area contributed by atoms with Crippen molar-refractivity contribution in [2.75, 3.05) is 19.6 Å². The van der Waals surface area contributed by atoms with Gasteiger partial charge in [-0.05, 0) is 61.1 Å². The number of ether oxygens (including phenoxy) is 1. The Hall–Kier alpha value is -3.20. The van der Waals surface area contributed by atoms with Crippen molar-refractivity contribution < 1.29 is 13.9 Å². The average molecular weight is 531 g/mol. The first-order chi connectivity index (χ1) is 18.5. The summed E-state index contributed by atoms with van der Waals surface area (Å²) in [5.41, 5.74) is 3.53. The van der Waals surface area contributed by atoms with Crippen LogP contribution in [0, 0.1) is 11.7 Å². The second-order valence-corrected chi connectivity index (χ2v) is 11.6. The molecule has 0 unspecified atom stereocenters. The summed E-state index contributed by atoms with van der Waals surface area (Å²) in [6.45, 7) is 6.20. The van der Waals surface area contributed by atoms with E-state index in [1.165, 1.54) is 23.0 Å². The van der Waals surface area contributed by atoms with Crippen LogP contribution in [0.5, 0.6) is 11.5 Å². The number of thiophene rings is 1. The van der Waals surface area contributed by atoms with E-state index >= 15 is 0 Å². The van der Waals surface area contributed by atoms with Gasteiger partial charge in [0.25, 0.3) is 0 Å². The van der Waals surface area contributed by atoms with Crippen molar-refractivity contribution in [3.63, 3.8) is 0 Å². The summed E-state index contributed by atoms with van der Waals surface area (Å²) in [6.07, 6.45) is 6.75. The Morgan fingerprint density at radius 3 is 2.76 bits per heavy atom. The molecule has 196 valence electrons. The molecule has 2 fully saturated rings. The summed E-state index contributed by atoms with van der Waals surface area (Å²) in [6, 6.07) is 13.2. The first-order valence-electron chi connectivity index (χ1n) is 13.3. The van der Waals surface area contributed by atoms with E-state index in [-0.39, 0.29) is 18.0 Å². The van der Waals surface area contributed by atoms with Crippen molar-refractivity contribution in [2.24, 2.45) is 5.92 Å². The molecule has 0 amide bonds. The molecule has 4 heterocycles. The molecule has 1 saturated heterocycles.